The number of quaternary nitrogens is 1. The number of nitrogens with two attached hydrogens (primary N) is 1. The predicted molar refractivity (Wildman–Crippen MR) is 58.5 cm³/mol. The van der Waals surface area contributed by atoms with Gasteiger partial charge in [-0.05, 0) is 30.7 Å². The van der Waals surface area contributed by atoms with E-state index in [0.29, 0.717) is 5.56 Å². The summed E-state index contributed by atoms with van der Waals surface area (Å²) in [4.78, 5) is 11.2. The highest BCUT2D eigenvalue weighted by Crippen LogP contribution is 2.11. The van der Waals surface area contributed by atoms with Crippen LogP contribution in [0.3, 0.4) is 0 Å². The molecule has 1 amide bonds. The highest BCUT2D eigenvalue weighted by molar-refractivity contribution is 5.86. The molecule has 0 saturated heterocycles. The number of hydrogen-bond acceptors (Lipinski definition) is 2. The molecule has 0 aliphatic heterocycles. The maximum absolute atomic E-state index is 11.2. The van der Waals surface area contributed by atoms with Crippen LogP contribution in [-0.2, 0) is 0 Å². The van der Waals surface area contributed by atoms with Crippen molar-refractivity contribution in [2.45, 2.75) is 19.8 Å². The summed E-state index contributed by atoms with van der Waals surface area (Å²) >= 11 is 0. The second kappa shape index (κ2) is 6.19. The van der Waals surface area contributed by atoms with E-state index in [1.165, 1.54) is 5.32 Å². The van der Waals surface area contributed by atoms with Gasteiger partial charge in [-0.2, -0.15) is 0 Å². The fraction of sp³-hybridized carbons (Fsp3) is 0.333. The van der Waals surface area contributed by atoms with Crippen molar-refractivity contribution >= 4 is 5.91 Å². The summed E-state index contributed by atoms with van der Waals surface area (Å²) in [6.07, 6.45) is 2.17. The molecule has 2 N–H and O–H groups in total. The van der Waals surface area contributed by atoms with Crippen LogP contribution >= 0.6 is 0 Å². The summed E-state index contributed by atoms with van der Waals surface area (Å²) < 4.78 is 5.48. The van der Waals surface area contributed by atoms with Crippen molar-refractivity contribution in [1.29, 1.82) is 0 Å². The molecule has 82 valence electrons. The molecular formula is C12H17NO2. The van der Waals surface area contributed by atoms with Gasteiger partial charge in [-0.15, -0.1) is 7.05 Å². The van der Waals surface area contributed by atoms with E-state index in [9.17, 15) is 4.79 Å². The smallest absolute Gasteiger partial charge is 0.316 e. The molecular weight excluding hydrogens is 190 g/mol. The van der Waals surface area contributed by atoms with Crippen LogP contribution in [0.1, 0.15) is 30.1 Å². The van der Waals surface area contributed by atoms with Crippen LogP contribution in [0.4, 0.5) is 0 Å². The number of hydrogen-bond donors (Lipinski definition) is 1. The van der Waals surface area contributed by atoms with E-state index in [2.05, 4.69) is 14.0 Å². The maximum atomic E-state index is 11.2. The lowest BCUT2D eigenvalue weighted by molar-refractivity contribution is -0.489. The molecule has 1 aromatic rings. The average molecular weight is 207 g/mol. The standard InChI is InChI=1S/C12H17NO2/c1-3-4-9-15-11-7-5-10(6-8-11)12(14)13-2/h5-8H,2-4,9,13H2,1H3. The minimum absolute atomic E-state index is 0.0601. The lowest BCUT2D eigenvalue weighted by Gasteiger charge is -2.05. The molecule has 3 heteroatoms. The lowest BCUT2D eigenvalue weighted by atomic mass is 10.2. The van der Waals surface area contributed by atoms with Gasteiger partial charge >= 0.3 is 5.91 Å². The largest absolute Gasteiger partial charge is 0.494 e. The fourth-order valence-electron chi connectivity index (χ4n) is 1.17. The normalized spacial score (nSPS) is 10.0. The minimum Gasteiger partial charge on any atom is -0.494 e. The Hall–Kier alpha value is -1.35. The number of rotatable bonds is 5. The number of carbonyl (C=O) groups excluding carboxylic acids is 1. The van der Waals surface area contributed by atoms with Gasteiger partial charge in [0.25, 0.3) is 0 Å². The Morgan fingerprint density at radius 2 is 2.07 bits per heavy atom. The van der Waals surface area contributed by atoms with Crippen molar-refractivity contribution < 1.29 is 14.8 Å². The molecule has 3 nitrogen and oxygen atoms in total. The van der Waals surface area contributed by atoms with Gasteiger partial charge in [0, 0.05) is 0 Å². The second-order valence-electron chi connectivity index (χ2n) is 3.29. The molecule has 0 aliphatic carbocycles. The van der Waals surface area contributed by atoms with Gasteiger partial charge in [0.15, 0.2) is 0 Å². The SMILES string of the molecule is [CH2-][NH2+]C(=O)c1ccc(OCCCC)cc1. The molecule has 0 heterocycles. The molecule has 1 rings (SSSR count). The number of unbranched alkanes of at least 4 members (excludes halogenated alkanes) is 1. The zero-order valence-corrected chi connectivity index (χ0v) is 9.03. The van der Waals surface area contributed by atoms with Crippen LogP contribution < -0.4 is 10.1 Å². The summed E-state index contributed by atoms with van der Waals surface area (Å²) in [5, 5.41) is 1.31. The van der Waals surface area contributed by atoms with Gasteiger partial charge in [0.2, 0.25) is 0 Å². The van der Waals surface area contributed by atoms with E-state index in [1.807, 2.05) is 12.1 Å². The van der Waals surface area contributed by atoms with Crippen LogP contribution in [-0.4, -0.2) is 12.5 Å². The third-order valence-corrected chi connectivity index (χ3v) is 2.09. The fourth-order valence-corrected chi connectivity index (χ4v) is 1.17. The topological polar surface area (TPSA) is 42.9 Å². The quantitative estimate of drug-likeness (QED) is 0.585. The summed E-state index contributed by atoms with van der Waals surface area (Å²) in [5.41, 5.74) is 0.646. The van der Waals surface area contributed by atoms with Gasteiger partial charge in [-0.1, -0.05) is 13.3 Å². The number of benzene rings is 1. The molecule has 0 bridgehead atoms. The van der Waals surface area contributed by atoms with Crippen LogP contribution in [0, 0.1) is 7.05 Å². The average Bonchev–Trinajstić information content (AvgIpc) is 2.29. The van der Waals surface area contributed by atoms with E-state index >= 15 is 0 Å². The van der Waals surface area contributed by atoms with Gasteiger partial charge in [0.05, 0.1) is 12.2 Å². The minimum atomic E-state index is -0.0601. The Bertz CT molecular complexity index is 306. The Morgan fingerprint density at radius 3 is 2.60 bits per heavy atom. The first kappa shape index (κ1) is 11.7. The lowest BCUT2D eigenvalue weighted by Crippen LogP contribution is -2.81. The molecule has 0 aromatic heterocycles. The third kappa shape index (κ3) is 3.72. The van der Waals surface area contributed by atoms with Gasteiger partial charge < -0.3 is 10.1 Å². The summed E-state index contributed by atoms with van der Waals surface area (Å²) in [7, 11) is 3.44. The molecule has 1 aromatic carbocycles. The van der Waals surface area contributed by atoms with Crippen molar-refractivity contribution in [3.8, 4) is 5.75 Å². The van der Waals surface area contributed by atoms with E-state index in [-0.39, 0.29) is 5.91 Å². The van der Waals surface area contributed by atoms with Crippen molar-refractivity contribution in [2.24, 2.45) is 0 Å². The first-order valence-corrected chi connectivity index (χ1v) is 5.17. The van der Waals surface area contributed by atoms with Crippen molar-refractivity contribution in [2.75, 3.05) is 6.61 Å². The van der Waals surface area contributed by atoms with Crippen molar-refractivity contribution in [3.63, 3.8) is 0 Å². The molecule has 0 spiro atoms. The molecule has 0 saturated carbocycles. The van der Waals surface area contributed by atoms with Gasteiger partial charge in [0.1, 0.15) is 5.75 Å². The summed E-state index contributed by atoms with van der Waals surface area (Å²) in [5.74, 6) is 0.749. The number of amides is 1. The van der Waals surface area contributed by atoms with E-state index in [1.54, 1.807) is 12.1 Å². The molecule has 0 unspecified atom stereocenters. The number of primary amides is 1. The Morgan fingerprint density at radius 1 is 1.40 bits per heavy atom. The highest BCUT2D eigenvalue weighted by atomic mass is 16.5. The van der Waals surface area contributed by atoms with Crippen LogP contribution in [0.2, 0.25) is 0 Å². The van der Waals surface area contributed by atoms with E-state index < -0.39 is 0 Å². The first-order valence-electron chi connectivity index (χ1n) is 5.17. The number of carbonyl (C=O) groups is 1. The zero-order valence-electron chi connectivity index (χ0n) is 9.03. The molecule has 0 aliphatic rings. The summed E-state index contributed by atoms with van der Waals surface area (Å²) in [6.45, 7) is 2.85. The van der Waals surface area contributed by atoms with Crippen molar-refractivity contribution in [1.82, 2.24) is 0 Å². The Balaban J connectivity index is 2.52. The van der Waals surface area contributed by atoms with E-state index in [4.69, 9.17) is 4.74 Å². The molecule has 0 radical (unpaired) electrons. The van der Waals surface area contributed by atoms with Crippen LogP contribution in [0.15, 0.2) is 24.3 Å². The molecule has 0 atom stereocenters. The molecule has 15 heavy (non-hydrogen) atoms. The Labute approximate surface area is 90.4 Å². The van der Waals surface area contributed by atoms with Crippen LogP contribution in [0.25, 0.3) is 0 Å². The Kier molecular flexibility index (Phi) is 4.84. The summed E-state index contributed by atoms with van der Waals surface area (Å²) in [6, 6.07) is 7.13. The molecule has 0 fully saturated rings. The monoisotopic (exact) mass is 207 g/mol. The predicted octanol–water partition coefficient (Wildman–Crippen LogP) is 1.36. The van der Waals surface area contributed by atoms with E-state index in [0.717, 1.165) is 25.2 Å². The number of ether oxygens (including phenoxy) is 1. The maximum Gasteiger partial charge on any atom is 0.316 e. The third-order valence-electron chi connectivity index (χ3n) is 2.09. The highest BCUT2D eigenvalue weighted by Gasteiger charge is 2.03. The van der Waals surface area contributed by atoms with Crippen molar-refractivity contribution in [3.05, 3.63) is 36.9 Å². The van der Waals surface area contributed by atoms with Gasteiger partial charge in [-0.3, -0.25) is 0 Å². The van der Waals surface area contributed by atoms with Gasteiger partial charge in [-0.25, -0.2) is 4.79 Å². The second-order valence-corrected chi connectivity index (χ2v) is 3.29. The zero-order chi connectivity index (χ0) is 11.1. The first-order chi connectivity index (χ1) is 7.27. The van der Waals surface area contributed by atoms with Crippen LogP contribution in [0.5, 0.6) is 5.75 Å².